The average Bonchev–Trinajstić information content (AvgIpc) is 2.38. The van der Waals surface area contributed by atoms with E-state index in [4.69, 9.17) is 0 Å². The second-order valence-corrected chi connectivity index (χ2v) is 5.19. The average molecular weight is 233 g/mol. The quantitative estimate of drug-likeness (QED) is 0.858. The fourth-order valence-corrected chi connectivity index (χ4v) is 2.81. The fraction of sp³-hybridized carbons (Fsp3) is 0.643. The van der Waals surface area contributed by atoms with Crippen LogP contribution >= 0.6 is 0 Å². The van der Waals surface area contributed by atoms with Crippen LogP contribution in [0.5, 0.6) is 0 Å². The largest absolute Gasteiger partial charge is 0.313 e. The summed E-state index contributed by atoms with van der Waals surface area (Å²) in [5, 5.41) is 3.55. The van der Waals surface area contributed by atoms with Gasteiger partial charge < -0.3 is 10.2 Å². The van der Waals surface area contributed by atoms with Crippen LogP contribution in [-0.2, 0) is 6.42 Å². The predicted octanol–water partition coefficient (Wildman–Crippen LogP) is 1.70. The van der Waals surface area contributed by atoms with E-state index in [0.29, 0.717) is 0 Å². The number of aryl methyl sites for hydroxylation is 1. The molecule has 1 aliphatic rings. The highest BCUT2D eigenvalue weighted by atomic mass is 15.2. The van der Waals surface area contributed by atoms with E-state index in [9.17, 15) is 0 Å². The van der Waals surface area contributed by atoms with Gasteiger partial charge >= 0.3 is 0 Å². The van der Waals surface area contributed by atoms with Crippen molar-refractivity contribution >= 4 is 0 Å². The number of aromatic nitrogens is 1. The van der Waals surface area contributed by atoms with Crippen LogP contribution in [0.3, 0.4) is 0 Å². The van der Waals surface area contributed by atoms with E-state index in [1.807, 2.05) is 12.3 Å². The van der Waals surface area contributed by atoms with Crippen LogP contribution in [0.4, 0.5) is 0 Å². The Kier molecular flexibility index (Phi) is 4.13. The molecule has 1 aromatic heterocycles. The molecule has 2 heterocycles. The van der Waals surface area contributed by atoms with Gasteiger partial charge in [-0.05, 0) is 58.5 Å². The third kappa shape index (κ3) is 3.27. The molecule has 17 heavy (non-hydrogen) atoms. The van der Waals surface area contributed by atoms with Gasteiger partial charge in [-0.3, -0.25) is 4.98 Å². The lowest BCUT2D eigenvalue weighted by atomic mass is 9.84. The van der Waals surface area contributed by atoms with Gasteiger partial charge in [0.25, 0.3) is 0 Å². The molecule has 1 N–H and O–H groups in total. The van der Waals surface area contributed by atoms with Gasteiger partial charge in [-0.25, -0.2) is 0 Å². The van der Waals surface area contributed by atoms with Crippen molar-refractivity contribution in [3.05, 3.63) is 30.1 Å². The SMILES string of the molecule is CNC1(CCc2ccccn2)CCCN(C)C1. The van der Waals surface area contributed by atoms with Gasteiger partial charge in [0.15, 0.2) is 0 Å². The first-order valence-corrected chi connectivity index (χ1v) is 6.51. The van der Waals surface area contributed by atoms with Crippen molar-refractivity contribution in [1.82, 2.24) is 15.2 Å². The van der Waals surface area contributed by atoms with Crippen LogP contribution in [0.1, 0.15) is 25.0 Å². The van der Waals surface area contributed by atoms with Crippen molar-refractivity contribution in [3.63, 3.8) is 0 Å². The Labute approximate surface area is 104 Å². The Morgan fingerprint density at radius 1 is 1.47 bits per heavy atom. The monoisotopic (exact) mass is 233 g/mol. The number of rotatable bonds is 4. The van der Waals surface area contributed by atoms with E-state index in [1.54, 1.807) is 0 Å². The molecule has 0 spiro atoms. The zero-order chi connectivity index (χ0) is 12.1. The van der Waals surface area contributed by atoms with Gasteiger partial charge in [0.2, 0.25) is 0 Å². The molecule has 0 radical (unpaired) electrons. The van der Waals surface area contributed by atoms with Crippen molar-refractivity contribution in [1.29, 1.82) is 0 Å². The second-order valence-electron chi connectivity index (χ2n) is 5.19. The summed E-state index contributed by atoms with van der Waals surface area (Å²) in [6, 6.07) is 6.17. The van der Waals surface area contributed by atoms with Gasteiger partial charge in [0.1, 0.15) is 0 Å². The summed E-state index contributed by atoms with van der Waals surface area (Å²) in [4.78, 5) is 6.84. The van der Waals surface area contributed by atoms with Crippen molar-refractivity contribution in [2.24, 2.45) is 0 Å². The van der Waals surface area contributed by atoms with Crippen LogP contribution < -0.4 is 5.32 Å². The topological polar surface area (TPSA) is 28.2 Å². The van der Waals surface area contributed by atoms with Crippen LogP contribution in [0.2, 0.25) is 0 Å². The molecule has 0 amide bonds. The predicted molar refractivity (Wildman–Crippen MR) is 71.1 cm³/mol. The molecule has 1 saturated heterocycles. The Balaban J connectivity index is 1.95. The molecule has 0 aliphatic carbocycles. The summed E-state index contributed by atoms with van der Waals surface area (Å²) in [7, 11) is 4.31. The van der Waals surface area contributed by atoms with E-state index >= 15 is 0 Å². The van der Waals surface area contributed by atoms with Gasteiger partial charge in [-0.15, -0.1) is 0 Å². The molecule has 1 atom stereocenters. The summed E-state index contributed by atoms with van der Waals surface area (Å²) in [6.07, 6.45) is 6.69. The van der Waals surface area contributed by atoms with Gasteiger partial charge in [-0.1, -0.05) is 6.07 Å². The molecule has 0 saturated carbocycles. The molecular formula is C14H23N3. The number of piperidine rings is 1. The maximum absolute atomic E-state index is 4.41. The second kappa shape index (κ2) is 5.61. The molecule has 3 nitrogen and oxygen atoms in total. The maximum Gasteiger partial charge on any atom is 0.0404 e. The smallest absolute Gasteiger partial charge is 0.0404 e. The minimum atomic E-state index is 0.282. The Bertz CT molecular complexity index is 339. The summed E-state index contributed by atoms with van der Waals surface area (Å²) in [5.74, 6) is 0. The fourth-order valence-electron chi connectivity index (χ4n) is 2.81. The first kappa shape index (κ1) is 12.5. The Morgan fingerprint density at radius 2 is 2.35 bits per heavy atom. The third-order valence-corrected chi connectivity index (χ3v) is 3.88. The Hall–Kier alpha value is -0.930. The lowest BCUT2D eigenvalue weighted by Crippen LogP contribution is -2.55. The lowest BCUT2D eigenvalue weighted by Gasteiger charge is -2.41. The van der Waals surface area contributed by atoms with Crippen LogP contribution in [-0.4, -0.2) is 42.6 Å². The number of nitrogens with one attached hydrogen (secondary N) is 1. The van der Waals surface area contributed by atoms with Crippen molar-refractivity contribution in [3.8, 4) is 0 Å². The van der Waals surface area contributed by atoms with E-state index < -0.39 is 0 Å². The molecule has 1 aromatic rings. The Morgan fingerprint density at radius 3 is 3.00 bits per heavy atom. The number of pyridine rings is 1. The number of hydrogen-bond acceptors (Lipinski definition) is 3. The summed E-state index contributed by atoms with van der Waals surface area (Å²) < 4.78 is 0. The molecule has 94 valence electrons. The van der Waals surface area contributed by atoms with E-state index in [1.165, 1.54) is 31.5 Å². The van der Waals surface area contributed by atoms with E-state index in [-0.39, 0.29) is 5.54 Å². The number of hydrogen-bond donors (Lipinski definition) is 1. The summed E-state index contributed by atoms with van der Waals surface area (Å²) >= 11 is 0. The minimum Gasteiger partial charge on any atom is -0.313 e. The van der Waals surface area contributed by atoms with Crippen LogP contribution in [0.15, 0.2) is 24.4 Å². The number of likely N-dealkylation sites (N-methyl/N-ethyl adjacent to an activating group) is 2. The van der Waals surface area contributed by atoms with Gasteiger partial charge in [0.05, 0.1) is 0 Å². The zero-order valence-corrected chi connectivity index (χ0v) is 10.9. The van der Waals surface area contributed by atoms with Crippen molar-refractivity contribution in [2.75, 3.05) is 27.2 Å². The highest BCUT2D eigenvalue weighted by Gasteiger charge is 2.32. The van der Waals surface area contributed by atoms with E-state index in [0.717, 1.165) is 13.0 Å². The first-order chi connectivity index (χ1) is 8.24. The lowest BCUT2D eigenvalue weighted by molar-refractivity contribution is 0.143. The number of likely N-dealkylation sites (tertiary alicyclic amines) is 1. The highest BCUT2D eigenvalue weighted by Crippen LogP contribution is 2.24. The third-order valence-electron chi connectivity index (χ3n) is 3.88. The van der Waals surface area contributed by atoms with Crippen LogP contribution in [0, 0.1) is 0 Å². The maximum atomic E-state index is 4.41. The molecule has 0 aromatic carbocycles. The normalized spacial score (nSPS) is 26.0. The minimum absolute atomic E-state index is 0.282. The summed E-state index contributed by atoms with van der Waals surface area (Å²) in [5.41, 5.74) is 1.49. The van der Waals surface area contributed by atoms with Crippen molar-refractivity contribution in [2.45, 2.75) is 31.2 Å². The van der Waals surface area contributed by atoms with Gasteiger partial charge in [-0.2, -0.15) is 0 Å². The first-order valence-electron chi connectivity index (χ1n) is 6.51. The molecule has 3 heteroatoms. The zero-order valence-electron chi connectivity index (χ0n) is 10.9. The summed E-state index contributed by atoms with van der Waals surface area (Å²) in [6.45, 7) is 2.38. The van der Waals surface area contributed by atoms with Crippen molar-refractivity contribution < 1.29 is 0 Å². The molecule has 2 rings (SSSR count). The number of nitrogens with zero attached hydrogens (tertiary/aromatic N) is 2. The van der Waals surface area contributed by atoms with Crippen LogP contribution in [0.25, 0.3) is 0 Å². The highest BCUT2D eigenvalue weighted by molar-refractivity contribution is 5.05. The van der Waals surface area contributed by atoms with E-state index in [2.05, 4.69) is 41.4 Å². The standard InChI is InChI=1S/C14H23N3/c1-15-14(8-5-11-17(2)12-14)9-7-13-6-3-4-10-16-13/h3-4,6,10,15H,5,7-9,11-12H2,1-2H3. The molecule has 1 aliphatic heterocycles. The molecule has 1 fully saturated rings. The van der Waals surface area contributed by atoms with Gasteiger partial charge in [0, 0.05) is 24.0 Å². The molecule has 1 unspecified atom stereocenters. The molecular weight excluding hydrogens is 210 g/mol. The molecule has 0 bridgehead atoms.